The number of unbranched alkanes of at least 4 members (excludes halogenated alkanes) is 3. The normalized spacial score (nSPS) is 24.4. The number of hydrogen-bond donors (Lipinski definition) is 0. The van der Waals surface area contributed by atoms with Gasteiger partial charge >= 0.3 is 0 Å². The first-order valence-electron chi connectivity index (χ1n) is 14.5. The maximum absolute atomic E-state index is 14.9. The van der Waals surface area contributed by atoms with Crippen LogP contribution in [0.15, 0.2) is 24.3 Å². The number of rotatable bonds is 10. The molecule has 0 unspecified atom stereocenters. The lowest BCUT2D eigenvalue weighted by atomic mass is 9.74. The van der Waals surface area contributed by atoms with Gasteiger partial charge in [-0.05, 0) is 84.7 Å². The molecule has 0 aromatic heterocycles. The van der Waals surface area contributed by atoms with E-state index in [9.17, 15) is 17.6 Å². The van der Waals surface area contributed by atoms with Gasteiger partial charge in [0.05, 0.1) is 5.56 Å². The Morgan fingerprint density at radius 1 is 0.622 bits per heavy atom. The molecule has 37 heavy (non-hydrogen) atoms. The van der Waals surface area contributed by atoms with Gasteiger partial charge in [-0.25, -0.2) is 17.6 Å². The van der Waals surface area contributed by atoms with E-state index in [-0.39, 0.29) is 11.5 Å². The van der Waals surface area contributed by atoms with Gasteiger partial charge in [0.15, 0.2) is 0 Å². The van der Waals surface area contributed by atoms with E-state index in [1.165, 1.54) is 82.8 Å². The maximum Gasteiger partial charge on any atom is 0.145 e. The lowest BCUT2D eigenvalue weighted by Gasteiger charge is -2.32. The molecule has 0 bridgehead atoms. The molecule has 0 saturated heterocycles. The second-order valence-electron chi connectivity index (χ2n) is 11.6. The first-order valence-corrected chi connectivity index (χ1v) is 14.9. The van der Waals surface area contributed by atoms with Gasteiger partial charge in [0.1, 0.15) is 28.3 Å². The van der Waals surface area contributed by atoms with Gasteiger partial charge < -0.3 is 0 Å². The van der Waals surface area contributed by atoms with Gasteiger partial charge in [-0.2, -0.15) is 0 Å². The maximum atomic E-state index is 14.9. The number of benzene rings is 2. The summed E-state index contributed by atoms with van der Waals surface area (Å²) in [4.78, 5) is 0. The van der Waals surface area contributed by atoms with Crippen LogP contribution in [0.5, 0.6) is 0 Å². The summed E-state index contributed by atoms with van der Waals surface area (Å²) in [5.74, 6) is -0.996. The third-order valence-electron chi connectivity index (χ3n) is 9.07. The van der Waals surface area contributed by atoms with E-state index in [4.69, 9.17) is 11.6 Å². The molecule has 2 aliphatic rings. The molecule has 2 saturated carbocycles. The van der Waals surface area contributed by atoms with E-state index in [0.29, 0.717) is 11.5 Å². The van der Waals surface area contributed by atoms with Crippen LogP contribution >= 0.6 is 11.6 Å². The van der Waals surface area contributed by atoms with Gasteiger partial charge in [0.25, 0.3) is 0 Å². The minimum Gasteiger partial charge on any atom is -0.206 e. The minimum absolute atomic E-state index is 0.121. The number of halogens is 5. The Hall–Kier alpha value is -1.55. The molecule has 0 radical (unpaired) electrons. The summed E-state index contributed by atoms with van der Waals surface area (Å²) in [6, 6.07) is 4.43. The van der Waals surface area contributed by atoms with Crippen molar-refractivity contribution in [1.82, 2.24) is 0 Å². The molecule has 2 aliphatic carbocycles. The highest BCUT2D eigenvalue weighted by atomic mass is 35.5. The van der Waals surface area contributed by atoms with E-state index in [1.54, 1.807) is 0 Å². The van der Waals surface area contributed by atoms with Crippen LogP contribution < -0.4 is 0 Å². The first-order chi connectivity index (χ1) is 17.9. The summed E-state index contributed by atoms with van der Waals surface area (Å²) in [5.41, 5.74) is 0.0436. The Bertz CT molecular complexity index is 973. The monoisotopic (exact) mass is 536 g/mol. The van der Waals surface area contributed by atoms with Crippen LogP contribution in [-0.2, 0) is 0 Å². The van der Waals surface area contributed by atoms with E-state index >= 15 is 0 Å². The van der Waals surface area contributed by atoms with Gasteiger partial charge in [-0.1, -0.05) is 89.2 Å². The highest BCUT2D eigenvalue weighted by molar-refractivity contribution is 6.31. The highest BCUT2D eigenvalue weighted by Gasteiger charge is 2.27. The standard InChI is InChI=1S/C32H41ClF4/c1-2-3-4-5-6-21-7-9-22(10-8-21)11-12-23-13-15-24(16-14-23)25-17-27(34)31(28(35)18-25)26-19-29(36)32(33)30(37)20-26/h17-24H,2-16H2,1H3/t21-,22-,23?,24?. The van der Waals surface area contributed by atoms with Crippen LogP contribution in [0.25, 0.3) is 11.1 Å². The highest BCUT2D eigenvalue weighted by Crippen LogP contribution is 2.42. The molecule has 0 atom stereocenters. The van der Waals surface area contributed by atoms with Crippen molar-refractivity contribution < 1.29 is 17.6 Å². The Balaban J connectivity index is 1.24. The quantitative estimate of drug-likeness (QED) is 0.161. The predicted molar refractivity (Wildman–Crippen MR) is 145 cm³/mol. The summed E-state index contributed by atoms with van der Waals surface area (Å²) < 4.78 is 57.6. The van der Waals surface area contributed by atoms with Crippen molar-refractivity contribution in [3.63, 3.8) is 0 Å². The zero-order valence-electron chi connectivity index (χ0n) is 22.1. The molecule has 0 spiro atoms. The average Bonchev–Trinajstić information content (AvgIpc) is 2.89. The fourth-order valence-electron chi connectivity index (χ4n) is 6.73. The molecular weight excluding hydrogens is 496 g/mol. The Kier molecular flexibility index (Phi) is 10.4. The summed E-state index contributed by atoms with van der Waals surface area (Å²) in [6.45, 7) is 2.27. The van der Waals surface area contributed by atoms with E-state index in [0.717, 1.165) is 49.7 Å². The summed E-state index contributed by atoms with van der Waals surface area (Å²) >= 11 is 5.52. The fraction of sp³-hybridized carbons (Fsp3) is 0.625. The van der Waals surface area contributed by atoms with Crippen molar-refractivity contribution in [2.24, 2.45) is 17.8 Å². The topological polar surface area (TPSA) is 0 Å². The lowest BCUT2D eigenvalue weighted by molar-refractivity contribution is 0.222. The second-order valence-corrected chi connectivity index (χ2v) is 12.0. The van der Waals surface area contributed by atoms with Crippen molar-refractivity contribution in [2.75, 3.05) is 0 Å². The zero-order chi connectivity index (χ0) is 26.4. The molecule has 0 amide bonds. The van der Waals surface area contributed by atoms with Crippen molar-refractivity contribution in [1.29, 1.82) is 0 Å². The van der Waals surface area contributed by atoms with Gasteiger partial charge in [-0.3, -0.25) is 0 Å². The van der Waals surface area contributed by atoms with Crippen LogP contribution in [0, 0.1) is 41.0 Å². The zero-order valence-corrected chi connectivity index (χ0v) is 22.9. The Morgan fingerprint density at radius 3 is 1.62 bits per heavy atom. The Labute approximate surface area is 225 Å². The van der Waals surface area contributed by atoms with Gasteiger partial charge in [0.2, 0.25) is 0 Å². The SMILES string of the molecule is CCCCCC[C@H]1CC[C@H](CCC2CCC(c3cc(F)c(-c4cc(F)c(Cl)c(F)c4)c(F)c3)CC2)CC1. The number of hydrogen-bond acceptors (Lipinski definition) is 0. The Morgan fingerprint density at radius 2 is 1.11 bits per heavy atom. The largest absolute Gasteiger partial charge is 0.206 e. The minimum atomic E-state index is -1.03. The average molecular weight is 537 g/mol. The van der Waals surface area contributed by atoms with Crippen molar-refractivity contribution in [2.45, 2.75) is 109 Å². The van der Waals surface area contributed by atoms with Crippen LogP contribution in [0.3, 0.4) is 0 Å². The van der Waals surface area contributed by atoms with E-state index in [1.807, 2.05) is 0 Å². The smallest absolute Gasteiger partial charge is 0.145 e. The van der Waals surface area contributed by atoms with Crippen LogP contribution in [0.2, 0.25) is 5.02 Å². The molecule has 2 aromatic rings. The molecular formula is C32H41ClF4. The second kappa shape index (κ2) is 13.5. The predicted octanol–water partition coefficient (Wildman–Crippen LogP) is 11.4. The van der Waals surface area contributed by atoms with E-state index in [2.05, 4.69) is 6.92 Å². The van der Waals surface area contributed by atoms with Crippen LogP contribution in [0.4, 0.5) is 17.6 Å². The van der Waals surface area contributed by atoms with Crippen molar-refractivity contribution in [3.05, 3.63) is 58.1 Å². The fourth-order valence-corrected chi connectivity index (χ4v) is 6.84. The molecule has 4 rings (SSSR count). The summed E-state index contributed by atoms with van der Waals surface area (Å²) in [5, 5.41) is -0.677. The summed E-state index contributed by atoms with van der Waals surface area (Å²) in [6.07, 6.45) is 19.1. The molecule has 0 heterocycles. The molecule has 0 aliphatic heterocycles. The molecule has 204 valence electrons. The van der Waals surface area contributed by atoms with Gasteiger partial charge in [-0.15, -0.1) is 0 Å². The first kappa shape index (κ1) is 28.5. The molecule has 0 nitrogen and oxygen atoms in total. The van der Waals surface area contributed by atoms with E-state index < -0.39 is 33.9 Å². The van der Waals surface area contributed by atoms with Gasteiger partial charge in [0, 0.05) is 0 Å². The summed E-state index contributed by atoms with van der Waals surface area (Å²) in [7, 11) is 0. The van der Waals surface area contributed by atoms with Crippen LogP contribution in [0.1, 0.15) is 115 Å². The molecule has 2 fully saturated rings. The van der Waals surface area contributed by atoms with Crippen molar-refractivity contribution in [3.8, 4) is 11.1 Å². The third kappa shape index (κ3) is 7.52. The molecule has 2 aromatic carbocycles. The lowest BCUT2D eigenvalue weighted by Crippen LogP contribution is -2.18. The molecule has 0 N–H and O–H groups in total. The van der Waals surface area contributed by atoms with Crippen LogP contribution in [-0.4, -0.2) is 0 Å². The third-order valence-corrected chi connectivity index (χ3v) is 9.43. The van der Waals surface area contributed by atoms with Crippen molar-refractivity contribution >= 4 is 11.6 Å². The molecule has 5 heteroatoms.